The lowest BCUT2D eigenvalue weighted by atomic mass is 10.1. The van der Waals surface area contributed by atoms with Crippen molar-refractivity contribution in [1.82, 2.24) is 0 Å². The molecule has 0 saturated heterocycles. The predicted octanol–water partition coefficient (Wildman–Crippen LogP) is 2.59. The van der Waals surface area contributed by atoms with E-state index < -0.39 is 0 Å². The molecule has 0 aliphatic heterocycles. The Kier molecular flexibility index (Phi) is 4.33. The third-order valence-corrected chi connectivity index (χ3v) is 0.922. The molecule has 0 aliphatic rings. The fourth-order valence-corrected chi connectivity index (χ4v) is 0.389. The molecule has 0 amide bonds. The third kappa shape index (κ3) is 3.66. The third-order valence-electron chi connectivity index (χ3n) is 0.922. The summed E-state index contributed by atoms with van der Waals surface area (Å²) in [5.74, 6) is 0.287. The molecular weight excluding hydrogens is 96.1 g/mol. The maximum atomic E-state index is 3.79. The van der Waals surface area contributed by atoms with Crippen LogP contribution < -0.4 is 0 Å². The Labute approximate surface area is 51.9 Å². The Morgan fingerprint density at radius 3 is 2.62 bits per heavy atom. The molecule has 0 spiro atoms. The van der Waals surface area contributed by atoms with Gasteiger partial charge in [-0.3, -0.25) is 0 Å². The van der Waals surface area contributed by atoms with E-state index in [1.165, 1.54) is 0 Å². The Morgan fingerprint density at radius 1 is 1.62 bits per heavy atom. The van der Waals surface area contributed by atoms with Crippen molar-refractivity contribution in [2.45, 2.75) is 13.3 Å². The molecule has 0 saturated carbocycles. The summed E-state index contributed by atoms with van der Waals surface area (Å²) in [7, 11) is 0. The van der Waals surface area contributed by atoms with Gasteiger partial charge in [-0.05, 0) is 19.3 Å². The topological polar surface area (TPSA) is 0 Å². The first kappa shape index (κ1) is 7.48. The van der Waals surface area contributed by atoms with Gasteiger partial charge in [0.2, 0.25) is 0 Å². The zero-order valence-electron chi connectivity index (χ0n) is 5.43. The second-order valence-corrected chi connectivity index (χ2v) is 1.74. The van der Waals surface area contributed by atoms with Gasteiger partial charge < -0.3 is 0 Å². The van der Waals surface area contributed by atoms with E-state index in [1.807, 2.05) is 12.2 Å². The van der Waals surface area contributed by atoms with Gasteiger partial charge in [0, 0.05) is 0 Å². The molecule has 0 aromatic rings. The molecule has 0 aromatic heterocycles. The highest BCUT2D eigenvalue weighted by atomic mass is 13.9. The fraction of sp³-hybridized carbons (Fsp3) is 0.375. The van der Waals surface area contributed by atoms with Crippen LogP contribution in [0.25, 0.3) is 0 Å². The molecule has 45 valence electrons. The molecule has 1 radical (unpaired) electrons. The first-order chi connectivity index (χ1) is 3.81. The van der Waals surface area contributed by atoms with Crippen molar-refractivity contribution < 1.29 is 0 Å². The van der Waals surface area contributed by atoms with Crippen LogP contribution in [-0.4, -0.2) is 0 Å². The SMILES string of the molecule is [CH2]C(C=C)/C=C/CC. The van der Waals surface area contributed by atoms with Gasteiger partial charge in [0.25, 0.3) is 0 Å². The van der Waals surface area contributed by atoms with Gasteiger partial charge in [-0.1, -0.05) is 25.2 Å². The molecule has 0 aliphatic carbocycles. The second kappa shape index (κ2) is 4.63. The van der Waals surface area contributed by atoms with Crippen molar-refractivity contribution in [3.05, 3.63) is 31.7 Å². The van der Waals surface area contributed by atoms with Gasteiger partial charge in [0.05, 0.1) is 0 Å². The number of allylic oxidation sites excluding steroid dienone is 3. The highest BCUT2D eigenvalue weighted by Gasteiger charge is 1.82. The average molecular weight is 109 g/mol. The summed E-state index contributed by atoms with van der Waals surface area (Å²) in [5.41, 5.74) is 0. The Balaban J connectivity index is 3.35. The minimum Gasteiger partial charge on any atom is -0.102 e. The smallest absolute Gasteiger partial charge is 0.00559 e. The van der Waals surface area contributed by atoms with Crippen molar-refractivity contribution in [2.75, 3.05) is 0 Å². The van der Waals surface area contributed by atoms with Crippen molar-refractivity contribution in [3.63, 3.8) is 0 Å². The second-order valence-electron chi connectivity index (χ2n) is 1.74. The average Bonchev–Trinajstić information content (AvgIpc) is 1.83. The zero-order valence-corrected chi connectivity index (χ0v) is 5.43. The summed E-state index contributed by atoms with van der Waals surface area (Å²) in [6.45, 7) is 9.49. The van der Waals surface area contributed by atoms with Crippen LogP contribution in [0.3, 0.4) is 0 Å². The lowest BCUT2D eigenvalue weighted by Gasteiger charge is -1.91. The number of hydrogen-bond acceptors (Lipinski definition) is 0. The van der Waals surface area contributed by atoms with Gasteiger partial charge in [-0.15, -0.1) is 6.58 Å². The summed E-state index contributed by atoms with van der Waals surface area (Å²) in [6.07, 6.45) is 7.05. The molecular formula is C8H13. The standard InChI is InChI=1S/C8H13/c1-4-6-7-8(3)5-2/h5-8H,2-4H2,1H3/b7-6+. The van der Waals surface area contributed by atoms with Crippen molar-refractivity contribution in [2.24, 2.45) is 5.92 Å². The first-order valence-corrected chi connectivity index (χ1v) is 2.93. The largest absolute Gasteiger partial charge is 0.102 e. The molecule has 0 heteroatoms. The van der Waals surface area contributed by atoms with Crippen molar-refractivity contribution in [3.8, 4) is 0 Å². The number of rotatable bonds is 3. The number of hydrogen-bond donors (Lipinski definition) is 0. The van der Waals surface area contributed by atoms with E-state index in [4.69, 9.17) is 0 Å². The van der Waals surface area contributed by atoms with E-state index in [0.717, 1.165) is 6.42 Å². The predicted molar refractivity (Wildman–Crippen MR) is 38.5 cm³/mol. The highest BCUT2D eigenvalue weighted by Crippen LogP contribution is 1.96. The van der Waals surface area contributed by atoms with Gasteiger partial charge in [-0.25, -0.2) is 0 Å². The van der Waals surface area contributed by atoms with Crippen LogP contribution in [0, 0.1) is 12.8 Å². The highest BCUT2D eigenvalue weighted by molar-refractivity contribution is 4.97. The first-order valence-electron chi connectivity index (χ1n) is 2.93. The van der Waals surface area contributed by atoms with Crippen molar-refractivity contribution in [1.29, 1.82) is 0 Å². The van der Waals surface area contributed by atoms with E-state index in [0.29, 0.717) is 0 Å². The van der Waals surface area contributed by atoms with Crippen LogP contribution >= 0.6 is 0 Å². The van der Waals surface area contributed by atoms with Crippen molar-refractivity contribution >= 4 is 0 Å². The molecule has 0 aromatic carbocycles. The Morgan fingerprint density at radius 2 is 2.25 bits per heavy atom. The molecule has 0 bridgehead atoms. The van der Waals surface area contributed by atoms with Gasteiger partial charge in [0.15, 0.2) is 0 Å². The van der Waals surface area contributed by atoms with E-state index >= 15 is 0 Å². The van der Waals surface area contributed by atoms with E-state index in [9.17, 15) is 0 Å². The lowest BCUT2D eigenvalue weighted by Crippen LogP contribution is -1.78. The molecule has 8 heavy (non-hydrogen) atoms. The summed E-state index contributed by atoms with van der Waals surface area (Å²) in [5, 5.41) is 0. The van der Waals surface area contributed by atoms with E-state index in [-0.39, 0.29) is 5.92 Å². The fourth-order valence-electron chi connectivity index (χ4n) is 0.389. The Bertz CT molecular complexity index is 80.0. The van der Waals surface area contributed by atoms with Crippen LogP contribution in [0.15, 0.2) is 24.8 Å². The summed E-state index contributed by atoms with van der Waals surface area (Å²) >= 11 is 0. The van der Waals surface area contributed by atoms with E-state index in [1.54, 1.807) is 0 Å². The molecule has 0 N–H and O–H groups in total. The van der Waals surface area contributed by atoms with E-state index in [2.05, 4.69) is 26.5 Å². The van der Waals surface area contributed by atoms with Gasteiger partial charge >= 0.3 is 0 Å². The molecule has 1 atom stereocenters. The molecule has 0 nitrogen and oxygen atoms in total. The van der Waals surface area contributed by atoms with Gasteiger partial charge in [-0.2, -0.15) is 0 Å². The van der Waals surface area contributed by atoms with Crippen LogP contribution in [-0.2, 0) is 0 Å². The molecule has 0 rings (SSSR count). The molecule has 1 unspecified atom stereocenters. The summed E-state index contributed by atoms with van der Waals surface area (Å²) in [4.78, 5) is 0. The molecule has 0 fully saturated rings. The quantitative estimate of drug-likeness (QED) is 0.489. The zero-order chi connectivity index (χ0) is 6.41. The minimum absolute atomic E-state index is 0.287. The molecule has 0 heterocycles. The maximum Gasteiger partial charge on any atom is -0.00559 e. The summed E-state index contributed by atoms with van der Waals surface area (Å²) < 4.78 is 0. The van der Waals surface area contributed by atoms with Crippen LogP contribution in [0.5, 0.6) is 0 Å². The summed E-state index contributed by atoms with van der Waals surface area (Å²) in [6, 6.07) is 0. The lowest BCUT2D eigenvalue weighted by molar-refractivity contribution is 1.05. The van der Waals surface area contributed by atoms with Crippen LogP contribution in [0.4, 0.5) is 0 Å². The monoisotopic (exact) mass is 109 g/mol. The van der Waals surface area contributed by atoms with Crippen LogP contribution in [0.2, 0.25) is 0 Å². The Hall–Kier alpha value is -0.520. The normalized spacial score (nSPS) is 14.2. The maximum absolute atomic E-state index is 3.79. The minimum atomic E-state index is 0.287. The van der Waals surface area contributed by atoms with Gasteiger partial charge in [0.1, 0.15) is 0 Å². The van der Waals surface area contributed by atoms with Crippen LogP contribution in [0.1, 0.15) is 13.3 Å².